The number of hydrogen-bond acceptors (Lipinski definition) is 3. The zero-order valence-corrected chi connectivity index (χ0v) is 10.4. The van der Waals surface area contributed by atoms with Crippen LogP contribution in [0.3, 0.4) is 0 Å². The Morgan fingerprint density at radius 2 is 1.94 bits per heavy atom. The van der Waals surface area contributed by atoms with Gasteiger partial charge in [-0.15, -0.1) is 0 Å². The number of carboxylic acid groups (broad SMARTS) is 1. The van der Waals surface area contributed by atoms with Crippen molar-refractivity contribution in [3.63, 3.8) is 0 Å². The molecule has 1 aliphatic carbocycles. The molecule has 3 aliphatic rings. The first-order valence-corrected chi connectivity index (χ1v) is 6.94. The van der Waals surface area contributed by atoms with Crippen molar-refractivity contribution in [2.75, 3.05) is 0 Å². The zero-order chi connectivity index (χ0) is 12.7. The van der Waals surface area contributed by atoms with Crippen LogP contribution in [0.15, 0.2) is 0 Å². The van der Waals surface area contributed by atoms with Crippen molar-refractivity contribution >= 4 is 11.9 Å². The molecule has 3 fully saturated rings. The first kappa shape index (κ1) is 12.0. The van der Waals surface area contributed by atoms with Gasteiger partial charge in [0, 0.05) is 18.1 Å². The number of nitrogens with one attached hydrogen (secondary N) is 2. The predicted octanol–water partition coefficient (Wildman–Crippen LogP) is 0.496. The molecule has 5 heteroatoms. The van der Waals surface area contributed by atoms with Crippen molar-refractivity contribution in [2.45, 2.75) is 56.7 Å². The molecule has 1 amide bonds. The number of carbonyl (C=O) groups is 2. The largest absolute Gasteiger partial charge is 0.481 e. The summed E-state index contributed by atoms with van der Waals surface area (Å²) < 4.78 is 0. The molecule has 0 aromatic heterocycles. The molecule has 2 aliphatic heterocycles. The fraction of sp³-hybridized carbons (Fsp3) is 0.846. The summed E-state index contributed by atoms with van der Waals surface area (Å²) in [6.45, 7) is 0. The second-order valence-corrected chi connectivity index (χ2v) is 5.88. The first-order valence-electron chi connectivity index (χ1n) is 6.94. The summed E-state index contributed by atoms with van der Waals surface area (Å²) in [7, 11) is 0. The van der Waals surface area contributed by atoms with Crippen molar-refractivity contribution in [1.29, 1.82) is 0 Å². The SMILES string of the molecule is O=C(O)C1CCCC1NC(=O)C1CC2CCC1N2. The van der Waals surface area contributed by atoms with E-state index in [-0.39, 0.29) is 23.8 Å². The lowest BCUT2D eigenvalue weighted by atomic mass is 9.88. The van der Waals surface area contributed by atoms with E-state index in [1.54, 1.807) is 0 Å². The third-order valence-corrected chi connectivity index (χ3v) is 4.80. The van der Waals surface area contributed by atoms with Crippen molar-refractivity contribution in [3.8, 4) is 0 Å². The van der Waals surface area contributed by atoms with E-state index in [0.29, 0.717) is 18.5 Å². The van der Waals surface area contributed by atoms with Crippen LogP contribution in [0, 0.1) is 11.8 Å². The van der Waals surface area contributed by atoms with Gasteiger partial charge in [-0.3, -0.25) is 9.59 Å². The van der Waals surface area contributed by atoms with E-state index in [4.69, 9.17) is 5.11 Å². The molecule has 2 bridgehead atoms. The quantitative estimate of drug-likeness (QED) is 0.683. The van der Waals surface area contributed by atoms with Crippen molar-refractivity contribution in [1.82, 2.24) is 10.6 Å². The molecule has 2 heterocycles. The third-order valence-electron chi connectivity index (χ3n) is 4.80. The maximum atomic E-state index is 12.2. The Hall–Kier alpha value is -1.10. The van der Waals surface area contributed by atoms with Crippen LogP contribution >= 0.6 is 0 Å². The molecule has 0 radical (unpaired) electrons. The Kier molecular flexibility index (Phi) is 3.01. The molecular formula is C13H20N2O3. The van der Waals surface area contributed by atoms with Crippen LogP contribution in [0.25, 0.3) is 0 Å². The highest BCUT2D eigenvalue weighted by atomic mass is 16.4. The highest BCUT2D eigenvalue weighted by molar-refractivity contribution is 5.81. The fourth-order valence-electron chi connectivity index (χ4n) is 3.83. The van der Waals surface area contributed by atoms with Crippen LogP contribution in [0.1, 0.15) is 38.5 Å². The normalized spacial score (nSPS) is 42.1. The van der Waals surface area contributed by atoms with Gasteiger partial charge in [0.25, 0.3) is 0 Å². The van der Waals surface area contributed by atoms with E-state index in [9.17, 15) is 9.59 Å². The van der Waals surface area contributed by atoms with Crippen LogP contribution in [0.5, 0.6) is 0 Å². The van der Waals surface area contributed by atoms with Gasteiger partial charge >= 0.3 is 5.97 Å². The summed E-state index contributed by atoms with van der Waals surface area (Å²) in [5.41, 5.74) is 0. The van der Waals surface area contributed by atoms with E-state index in [1.165, 1.54) is 6.42 Å². The number of hydrogen-bond donors (Lipinski definition) is 3. The summed E-state index contributed by atoms with van der Waals surface area (Å²) in [6, 6.07) is 0.665. The van der Waals surface area contributed by atoms with Crippen LogP contribution in [-0.4, -0.2) is 35.1 Å². The Morgan fingerprint density at radius 3 is 2.56 bits per heavy atom. The molecular weight excluding hydrogens is 232 g/mol. The van der Waals surface area contributed by atoms with E-state index < -0.39 is 5.97 Å². The van der Waals surface area contributed by atoms with Crippen molar-refractivity contribution in [2.24, 2.45) is 11.8 Å². The molecule has 18 heavy (non-hydrogen) atoms. The molecule has 1 saturated carbocycles. The summed E-state index contributed by atoms with van der Waals surface area (Å²) in [4.78, 5) is 23.3. The van der Waals surface area contributed by atoms with E-state index in [1.807, 2.05) is 0 Å². The summed E-state index contributed by atoms with van der Waals surface area (Å²) >= 11 is 0. The standard InChI is InChI=1S/C13H20N2O3/c16-12(9-6-7-4-5-11(9)14-7)15-10-3-1-2-8(10)13(17)18/h7-11,14H,1-6H2,(H,15,16)(H,17,18). The van der Waals surface area contributed by atoms with Gasteiger partial charge in [-0.1, -0.05) is 6.42 Å². The minimum absolute atomic E-state index is 0.0544. The number of fused-ring (bicyclic) bond motifs is 2. The van der Waals surface area contributed by atoms with Gasteiger partial charge in [-0.2, -0.15) is 0 Å². The Morgan fingerprint density at radius 1 is 1.11 bits per heavy atom. The fourth-order valence-corrected chi connectivity index (χ4v) is 3.83. The molecule has 3 N–H and O–H groups in total. The smallest absolute Gasteiger partial charge is 0.308 e. The average molecular weight is 252 g/mol. The molecule has 0 aromatic rings. The second kappa shape index (κ2) is 4.53. The lowest BCUT2D eigenvalue weighted by Gasteiger charge is -2.23. The third kappa shape index (κ3) is 2.00. The number of carboxylic acids is 1. The second-order valence-electron chi connectivity index (χ2n) is 5.88. The first-order chi connectivity index (χ1) is 8.65. The predicted molar refractivity (Wildman–Crippen MR) is 65.0 cm³/mol. The van der Waals surface area contributed by atoms with Crippen molar-refractivity contribution < 1.29 is 14.7 Å². The molecule has 100 valence electrons. The van der Waals surface area contributed by atoms with Crippen molar-refractivity contribution in [3.05, 3.63) is 0 Å². The van der Waals surface area contributed by atoms with Crippen LogP contribution in [0.2, 0.25) is 0 Å². The van der Waals surface area contributed by atoms with Crippen LogP contribution < -0.4 is 10.6 Å². The highest BCUT2D eigenvalue weighted by Crippen LogP contribution is 2.34. The van der Waals surface area contributed by atoms with Gasteiger partial charge in [-0.05, 0) is 32.1 Å². The van der Waals surface area contributed by atoms with Crippen LogP contribution in [0.4, 0.5) is 0 Å². The van der Waals surface area contributed by atoms with Gasteiger partial charge < -0.3 is 15.7 Å². The number of carbonyl (C=O) groups excluding carboxylic acids is 1. The summed E-state index contributed by atoms with van der Waals surface area (Å²) in [6.07, 6.45) is 5.56. The summed E-state index contributed by atoms with van der Waals surface area (Å²) in [5, 5.41) is 15.5. The van der Waals surface area contributed by atoms with E-state index in [2.05, 4.69) is 10.6 Å². The minimum atomic E-state index is -0.774. The van der Waals surface area contributed by atoms with Gasteiger partial charge in [0.05, 0.1) is 11.8 Å². The van der Waals surface area contributed by atoms with Crippen LogP contribution in [-0.2, 0) is 9.59 Å². The topological polar surface area (TPSA) is 78.4 Å². The molecule has 5 nitrogen and oxygen atoms in total. The molecule has 3 rings (SSSR count). The molecule has 0 aromatic carbocycles. The molecule has 2 saturated heterocycles. The number of aliphatic carboxylic acids is 1. The molecule has 5 atom stereocenters. The zero-order valence-electron chi connectivity index (χ0n) is 10.4. The molecule has 5 unspecified atom stereocenters. The lowest BCUT2D eigenvalue weighted by Crippen LogP contribution is -2.45. The van der Waals surface area contributed by atoms with Gasteiger partial charge in [-0.25, -0.2) is 0 Å². The molecule has 0 spiro atoms. The number of amides is 1. The van der Waals surface area contributed by atoms with Gasteiger partial charge in [0.1, 0.15) is 0 Å². The average Bonchev–Trinajstić information content (AvgIpc) is 3.03. The summed E-state index contributed by atoms with van der Waals surface area (Å²) in [5.74, 6) is -1.05. The van der Waals surface area contributed by atoms with E-state index in [0.717, 1.165) is 25.7 Å². The maximum absolute atomic E-state index is 12.2. The van der Waals surface area contributed by atoms with Gasteiger partial charge in [0.2, 0.25) is 5.91 Å². The lowest BCUT2D eigenvalue weighted by molar-refractivity contribution is -0.142. The monoisotopic (exact) mass is 252 g/mol. The number of rotatable bonds is 3. The highest BCUT2D eigenvalue weighted by Gasteiger charge is 2.44. The van der Waals surface area contributed by atoms with Gasteiger partial charge in [0.15, 0.2) is 0 Å². The minimum Gasteiger partial charge on any atom is -0.481 e. The Bertz CT molecular complexity index is 371. The van der Waals surface area contributed by atoms with E-state index >= 15 is 0 Å². The Labute approximate surface area is 106 Å². The maximum Gasteiger partial charge on any atom is 0.308 e. The Balaban J connectivity index is 1.59.